The van der Waals surface area contributed by atoms with E-state index in [1.807, 2.05) is 45.0 Å². The molecule has 3 amide bonds. The van der Waals surface area contributed by atoms with Crippen molar-refractivity contribution < 1.29 is 14.3 Å². The fraction of sp³-hybridized carbons (Fsp3) is 0.333. The number of carbonyl (C=O) groups is 2. The first-order valence-electron chi connectivity index (χ1n) is 8.94. The summed E-state index contributed by atoms with van der Waals surface area (Å²) in [6.07, 6.45) is 0.838. The van der Waals surface area contributed by atoms with E-state index in [-0.39, 0.29) is 17.5 Å². The number of benzene rings is 2. The fourth-order valence-corrected chi connectivity index (χ4v) is 2.37. The van der Waals surface area contributed by atoms with Crippen molar-refractivity contribution in [2.45, 2.75) is 39.3 Å². The van der Waals surface area contributed by atoms with Crippen LogP contribution in [0.15, 0.2) is 48.5 Å². The lowest BCUT2D eigenvalue weighted by Crippen LogP contribution is -2.42. The number of hydrogen-bond donors (Lipinski definition) is 3. The van der Waals surface area contributed by atoms with Crippen LogP contribution in [0.3, 0.4) is 0 Å². The minimum absolute atomic E-state index is 0.131. The molecule has 3 N–H and O–H groups in total. The summed E-state index contributed by atoms with van der Waals surface area (Å²) in [5, 5.41) is 8.52. The van der Waals surface area contributed by atoms with Crippen molar-refractivity contribution in [1.82, 2.24) is 10.6 Å². The maximum absolute atomic E-state index is 12.2. The van der Waals surface area contributed by atoms with Crippen LogP contribution in [0.4, 0.5) is 10.5 Å². The van der Waals surface area contributed by atoms with Gasteiger partial charge in [0.25, 0.3) is 5.91 Å². The lowest BCUT2D eigenvalue weighted by atomic mass is 10.0. The Labute approximate surface area is 160 Å². The van der Waals surface area contributed by atoms with Crippen LogP contribution in [0.2, 0.25) is 0 Å². The van der Waals surface area contributed by atoms with E-state index in [0.29, 0.717) is 17.8 Å². The Balaban J connectivity index is 1.90. The average Bonchev–Trinajstić information content (AvgIpc) is 2.66. The van der Waals surface area contributed by atoms with Crippen molar-refractivity contribution in [2.24, 2.45) is 0 Å². The zero-order valence-electron chi connectivity index (χ0n) is 16.3. The van der Waals surface area contributed by atoms with Gasteiger partial charge in [-0.15, -0.1) is 0 Å². The number of hydrogen-bond acceptors (Lipinski definition) is 3. The van der Waals surface area contributed by atoms with Crippen LogP contribution >= 0.6 is 0 Å². The summed E-state index contributed by atoms with van der Waals surface area (Å²) in [5.41, 5.74) is 1.79. The lowest BCUT2D eigenvalue weighted by Gasteiger charge is -2.24. The highest BCUT2D eigenvalue weighted by molar-refractivity contribution is 5.96. The molecule has 0 aliphatic heterocycles. The molecule has 0 aliphatic carbocycles. The van der Waals surface area contributed by atoms with E-state index in [2.05, 4.69) is 16.0 Å². The summed E-state index contributed by atoms with van der Waals surface area (Å²) in [6.45, 7) is 6.33. The predicted octanol–water partition coefficient (Wildman–Crippen LogP) is 3.94. The molecule has 0 saturated heterocycles. The highest BCUT2D eigenvalue weighted by Crippen LogP contribution is 2.17. The third kappa shape index (κ3) is 6.02. The molecule has 144 valence electrons. The Morgan fingerprint density at radius 3 is 2.33 bits per heavy atom. The zero-order valence-corrected chi connectivity index (χ0v) is 16.3. The topological polar surface area (TPSA) is 79.5 Å². The molecule has 0 unspecified atom stereocenters. The number of ether oxygens (including phenoxy) is 1. The molecule has 0 atom stereocenters. The number of urea groups is 1. The van der Waals surface area contributed by atoms with Gasteiger partial charge < -0.3 is 20.7 Å². The number of nitrogens with one attached hydrogen (secondary N) is 3. The number of anilines is 1. The third-order valence-corrected chi connectivity index (χ3v) is 4.37. The Morgan fingerprint density at radius 1 is 1.04 bits per heavy atom. The monoisotopic (exact) mass is 369 g/mol. The van der Waals surface area contributed by atoms with Gasteiger partial charge in [0, 0.05) is 28.9 Å². The SMILES string of the molecule is CCC(C)(C)NC(=O)c1ccc(NC(=O)NCc2ccccc2OC)cc1. The van der Waals surface area contributed by atoms with Crippen LogP contribution < -0.4 is 20.7 Å². The van der Waals surface area contributed by atoms with Crippen LogP contribution in [0, 0.1) is 0 Å². The maximum atomic E-state index is 12.2. The maximum Gasteiger partial charge on any atom is 0.319 e. The summed E-state index contributed by atoms with van der Waals surface area (Å²) < 4.78 is 5.26. The van der Waals surface area contributed by atoms with Crippen LogP contribution in [0.1, 0.15) is 43.1 Å². The number of para-hydroxylation sites is 1. The molecule has 6 nitrogen and oxygen atoms in total. The summed E-state index contributed by atoms with van der Waals surface area (Å²) in [5.74, 6) is 0.595. The molecule has 2 aromatic rings. The molecule has 0 bridgehead atoms. The molecular weight excluding hydrogens is 342 g/mol. The first-order valence-corrected chi connectivity index (χ1v) is 8.94. The lowest BCUT2D eigenvalue weighted by molar-refractivity contribution is 0.0911. The number of carbonyl (C=O) groups excluding carboxylic acids is 2. The van der Waals surface area contributed by atoms with Crippen molar-refractivity contribution in [3.05, 3.63) is 59.7 Å². The summed E-state index contributed by atoms with van der Waals surface area (Å²) in [4.78, 5) is 24.3. The quantitative estimate of drug-likeness (QED) is 0.692. The predicted molar refractivity (Wildman–Crippen MR) is 107 cm³/mol. The van der Waals surface area contributed by atoms with Gasteiger partial charge in [0.1, 0.15) is 5.75 Å². The molecule has 2 aromatic carbocycles. The smallest absolute Gasteiger partial charge is 0.319 e. The molecule has 0 heterocycles. The van der Waals surface area contributed by atoms with Crippen molar-refractivity contribution in [3.8, 4) is 5.75 Å². The average molecular weight is 369 g/mol. The standard InChI is InChI=1S/C21H27N3O3/c1-5-21(2,3)24-19(25)15-10-12-17(13-11-15)23-20(26)22-14-16-8-6-7-9-18(16)27-4/h6-13H,5,14H2,1-4H3,(H,24,25)(H2,22,23,26). The highest BCUT2D eigenvalue weighted by atomic mass is 16.5. The van der Waals surface area contributed by atoms with Gasteiger partial charge in [-0.3, -0.25) is 4.79 Å². The van der Waals surface area contributed by atoms with Crippen LogP contribution in [0.5, 0.6) is 5.75 Å². The Hall–Kier alpha value is -3.02. The minimum atomic E-state index is -0.328. The summed E-state index contributed by atoms with van der Waals surface area (Å²) >= 11 is 0. The van der Waals surface area contributed by atoms with Gasteiger partial charge in [-0.1, -0.05) is 25.1 Å². The van der Waals surface area contributed by atoms with E-state index in [1.165, 1.54) is 0 Å². The minimum Gasteiger partial charge on any atom is -0.496 e. The second-order valence-corrected chi connectivity index (χ2v) is 6.89. The van der Waals surface area contributed by atoms with Crippen molar-refractivity contribution in [1.29, 1.82) is 0 Å². The summed E-state index contributed by atoms with van der Waals surface area (Å²) in [7, 11) is 1.60. The Kier molecular flexibility index (Phi) is 6.82. The van der Waals surface area contributed by atoms with Crippen LogP contribution in [-0.4, -0.2) is 24.6 Å². The largest absolute Gasteiger partial charge is 0.496 e. The van der Waals surface area contributed by atoms with E-state index in [1.54, 1.807) is 31.4 Å². The summed E-state index contributed by atoms with van der Waals surface area (Å²) in [6, 6.07) is 14.0. The van der Waals surface area contributed by atoms with E-state index in [4.69, 9.17) is 4.74 Å². The van der Waals surface area contributed by atoms with E-state index in [9.17, 15) is 9.59 Å². The van der Waals surface area contributed by atoms with Crippen molar-refractivity contribution >= 4 is 17.6 Å². The van der Waals surface area contributed by atoms with Crippen LogP contribution in [0.25, 0.3) is 0 Å². The molecule has 27 heavy (non-hydrogen) atoms. The molecule has 0 spiro atoms. The zero-order chi connectivity index (χ0) is 19.9. The van der Waals surface area contributed by atoms with Gasteiger partial charge in [0.05, 0.1) is 7.11 Å². The van der Waals surface area contributed by atoms with Gasteiger partial charge in [-0.05, 0) is 50.6 Å². The second kappa shape index (κ2) is 9.07. The van der Waals surface area contributed by atoms with E-state index in [0.717, 1.165) is 17.7 Å². The van der Waals surface area contributed by atoms with Gasteiger partial charge in [0.15, 0.2) is 0 Å². The first-order chi connectivity index (χ1) is 12.8. The molecule has 0 saturated carbocycles. The van der Waals surface area contributed by atoms with Crippen molar-refractivity contribution in [2.75, 3.05) is 12.4 Å². The first kappa shape index (κ1) is 20.3. The molecule has 0 aromatic heterocycles. The molecular formula is C21H27N3O3. The Morgan fingerprint density at radius 2 is 1.70 bits per heavy atom. The number of methoxy groups -OCH3 is 1. The molecule has 2 rings (SSSR count). The Bertz CT molecular complexity index is 786. The van der Waals surface area contributed by atoms with Gasteiger partial charge in [0.2, 0.25) is 0 Å². The normalized spacial score (nSPS) is 10.8. The van der Waals surface area contributed by atoms with E-state index < -0.39 is 0 Å². The molecule has 0 aliphatic rings. The highest BCUT2D eigenvalue weighted by Gasteiger charge is 2.18. The van der Waals surface area contributed by atoms with E-state index >= 15 is 0 Å². The van der Waals surface area contributed by atoms with Gasteiger partial charge in [-0.25, -0.2) is 4.79 Å². The van der Waals surface area contributed by atoms with Crippen LogP contribution in [-0.2, 0) is 6.54 Å². The molecule has 0 fully saturated rings. The number of rotatable bonds is 7. The molecule has 6 heteroatoms. The van der Waals surface area contributed by atoms with Crippen molar-refractivity contribution in [3.63, 3.8) is 0 Å². The van der Waals surface area contributed by atoms with Gasteiger partial charge in [-0.2, -0.15) is 0 Å². The second-order valence-electron chi connectivity index (χ2n) is 6.89. The number of amides is 3. The third-order valence-electron chi connectivity index (χ3n) is 4.37. The fourth-order valence-electron chi connectivity index (χ4n) is 2.37. The van der Waals surface area contributed by atoms with Gasteiger partial charge >= 0.3 is 6.03 Å². The molecule has 0 radical (unpaired) electrons.